The van der Waals surface area contributed by atoms with Gasteiger partial charge in [0.15, 0.2) is 15.6 Å². The summed E-state index contributed by atoms with van der Waals surface area (Å²) in [7, 11) is -2.70. The van der Waals surface area contributed by atoms with Crippen molar-refractivity contribution in [3.63, 3.8) is 0 Å². The second-order valence-corrected chi connectivity index (χ2v) is 6.85. The van der Waals surface area contributed by atoms with Gasteiger partial charge in [0.1, 0.15) is 11.5 Å². The van der Waals surface area contributed by atoms with Gasteiger partial charge in [0, 0.05) is 5.56 Å². The maximum absolute atomic E-state index is 12.1. The molecule has 20 heavy (non-hydrogen) atoms. The van der Waals surface area contributed by atoms with Gasteiger partial charge in [0.05, 0.1) is 7.11 Å². The lowest BCUT2D eigenvalue weighted by Crippen LogP contribution is -2.25. The lowest BCUT2D eigenvalue weighted by atomic mass is 9.99. The first-order valence-electron chi connectivity index (χ1n) is 6.04. The van der Waals surface area contributed by atoms with Crippen molar-refractivity contribution in [2.75, 3.05) is 18.6 Å². The summed E-state index contributed by atoms with van der Waals surface area (Å²) in [5.41, 5.74) is 3.06. The minimum Gasteiger partial charge on any atom is -0.468 e. The molecule has 1 aromatic rings. The molecule has 1 rings (SSSR count). The highest BCUT2D eigenvalue weighted by atomic mass is 32.2. The van der Waals surface area contributed by atoms with E-state index in [1.165, 1.54) is 0 Å². The molecule has 0 aliphatic rings. The molecule has 0 spiro atoms. The van der Waals surface area contributed by atoms with E-state index in [2.05, 4.69) is 4.74 Å². The summed E-state index contributed by atoms with van der Waals surface area (Å²) in [6, 6.07) is 3.52. The number of carbonyl (C=O) groups excluding carboxylic acids is 2. The van der Waals surface area contributed by atoms with Crippen LogP contribution in [0.4, 0.5) is 0 Å². The zero-order valence-electron chi connectivity index (χ0n) is 12.0. The highest BCUT2D eigenvalue weighted by molar-refractivity contribution is 7.92. The summed E-state index contributed by atoms with van der Waals surface area (Å²) in [6.45, 7) is 5.53. The molecule has 0 heterocycles. The number of ketones is 1. The van der Waals surface area contributed by atoms with E-state index >= 15 is 0 Å². The number of hydrogen-bond acceptors (Lipinski definition) is 5. The fourth-order valence-corrected chi connectivity index (χ4v) is 2.96. The first-order valence-corrected chi connectivity index (χ1v) is 7.86. The van der Waals surface area contributed by atoms with E-state index in [0.29, 0.717) is 5.56 Å². The normalized spacial score (nSPS) is 11.2. The van der Waals surface area contributed by atoms with Crippen molar-refractivity contribution in [1.82, 2.24) is 0 Å². The lowest BCUT2D eigenvalue weighted by Gasteiger charge is -2.09. The Kier molecular flexibility index (Phi) is 5.05. The van der Waals surface area contributed by atoms with Crippen LogP contribution in [-0.2, 0) is 19.4 Å². The fraction of sp³-hybridized carbons (Fsp3) is 0.429. The van der Waals surface area contributed by atoms with Crippen LogP contribution in [0.3, 0.4) is 0 Å². The molecule has 0 N–H and O–H groups in total. The van der Waals surface area contributed by atoms with Gasteiger partial charge < -0.3 is 4.74 Å². The van der Waals surface area contributed by atoms with Gasteiger partial charge in [-0.2, -0.15) is 0 Å². The summed E-state index contributed by atoms with van der Waals surface area (Å²) in [5.74, 6) is -2.84. The van der Waals surface area contributed by atoms with Crippen LogP contribution in [0.5, 0.6) is 0 Å². The van der Waals surface area contributed by atoms with Crippen LogP contribution in [0.1, 0.15) is 27.0 Å². The van der Waals surface area contributed by atoms with Crippen LogP contribution >= 0.6 is 0 Å². The maximum Gasteiger partial charge on any atom is 0.320 e. The molecule has 0 radical (unpaired) electrons. The van der Waals surface area contributed by atoms with Crippen LogP contribution < -0.4 is 0 Å². The number of sulfone groups is 1. The van der Waals surface area contributed by atoms with Crippen LogP contribution in [0.15, 0.2) is 12.1 Å². The zero-order chi connectivity index (χ0) is 15.5. The van der Waals surface area contributed by atoms with E-state index in [9.17, 15) is 18.0 Å². The molecule has 110 valence electrons. The number of ether oxygens (including phenoxy) is 1. The van der Waals surface area contributed by atoms with Gasteiger partial charge in [-0.1, -0.05) is 6.07 Å². The molecule has 6 heteroatoms. The number of aryl methyl sites for hydroxylation is 3. The summed E-state index contributed by atoms with van der Waals surface area (Å²) >= 11 is 0. The van der Waals surface area contributed by atoms with Gasteiger partial charge in [-0.05, 0) is 43.5 Å². The second-order valence-electron chi connectivity index (χ2n) is 4.78. The Hall–Kier alpha value is -1.69. The number of rotatable bonds is 5. The monoisotopic (exact) mass is 298 g/mol. The van der Waals surface area contributed by atoms with Crippen molar-refractivity contribution < 1.29 is 22.7 Å². The van der Waals surface area contributed by atoms with Crippen molar-refractivity contribution in [3.8, 4) is 0 Å². The predicted octanol–water partition coefficient (Wildman–Crippen LogP) is 1.38. The standard InChI is InChI=1S/C14H18O5S/c1-9-5-11(3)12(6-10(9)2)13(15)7-20(17,18)8-14(16)19-4/h5-6H,7-8H2,1-4H3. The molecule has 0 aromatic heterocycles. The molecular formula is C14H18O5S. The third kappa shape index (κ3) is 4.16. The van der Waals surface area contributed by atoms with Crippen LogP contribution in [0.25, 0.3) is 0 Å². The molecule has 0 amide bonds. The maximum atomic E-state index is 12.1. The minimum absolute atomic E-state index is 0.376. The molecular weight excluding hydrogens is 280 g/mol. The number of carbonyl (C=O) groups is 2. The molecule has 0 unspecified atom stereocenters. The summed E-state index contributed by atoms with van der Waals surface area (Å²) in [5, 5.41) is 0. The molecule has 5 nitrogen and oxygen atoms in total. The second kappa shape index (κ2) is 6.17. The predicted molar refractivity (Wildman–Crippen MR) is 75.7 cm³/mol. The highest BCUT2D eigenvalue weighted by Crippen LogP contribution is 2.16. The molecule has 1 aromatic carbocycles. The summed E-state index contributed by atoms with van der Waals surface area (Å²) in [6.07, 6.45) is 0. The van der Waals surface area contributed by atoms with Crippen molar-refractivity contribution in [1.29, 1.82) is 0 Å². The van der Waals surface area contributed by atoms with Crippen LogP contribution in [0.2, 0.25) is 0 Å². The molecule has 0 saturated heterocycles. The zero-order valence-corrected chi connectivity index (χ0v) is 12.8. The summed E-state index contributed by atoms with van der Waals surface area (Å²) < 4.78 is 27.8. The quantitative estimate of drug-likeness (QED) is 0.606. The number of benzene rings is 1. The molecule has 0 aliphatic heterocycles. The van der Waals surface area contributed by atoms with Gasteiger partial charge in [0.25, 0.3) is 0 Å². The Labute approximate surface area is 118 Å². The smallest absolute Gasteiger partial charge is 0.320 e. The molecule has 0 bridgehead atoms. The van der Waals surface area contributed by atoms with E-state index < -0.39 is 33.1 Å². The van der Waals surface area contributed by atoms with Crippen LogP contribution in [0, 0.1) is 20.8 Å². The summed E-state index contributed by atoms with van der Waals surface area (Å²) in [4.78, 5) is 23.1. The van der Waals surface area contributed by atoms with E-state index in [-0.39, 0.29) is 0 Å². The molecule has 0 aliphatic carbocycles. The number of hydrogen-bond donors (Lipinski definition) is 0. The fourth-order valence-electron chi connectivity index (χ4n) is 1.83. The average Bonchev–Trinajstić information content (AvgIpc) is 2.32. The third-order valence-corrected chi connectivity index (χ3v) is 4.44. The van der Waals surface area contributed by atoms with E-state index in [1.807, 2.05) is 19.9 Å². The highest BCUT2D eigenvalue weighted by Gasteiger charge is 2.23. The van der Waals surface area contributed by atoms with Gasteiger partial charge in [-0.25, -0.2) is 8.42 Å². The largest absolute Gasteiger partial charge is 0.468 e. The van der Waals surface area contributed by atoms with Crippen molar-refractivity contribution in [3.05, 3.63) is 34.4 Å². The van der Waals surface area contributed by atoms with E-state index in [0.717, 1.165) is 23.8 Å². The molecule has 0 saturated carbocycles. The van der Waals surface area contributed by atoms with Crippen LogP contribution in [-0.4, -0.2) is 38.8 Å². The van der Waals surface area contributed by atoms with Gasteiger partial charge in [0.2, 0.25) is 0 Å². The third-order valence-electron chi connectivity index (χ3n) is 3.06. The number of esters is 1. The van der Waals surface area contributed by atoms with Gasteiger partial charge in [-0.15, -0.1) is 0 Å². The number of Topliss-reactive ketones (excluding diaryl/α,β-unsaturated/α-hetero) is 1. The average molecular weight is 298 g/mol. The van der Waals surface area contributed by atoms with Crippen molar-refractivity contribution in [2.24, 2.45) is 0 Å². The Morgan fingerprint density at radius 2 is 1.55 bits per heavy atom. The minimum atomic E-state index is -3.80. The van der Waals surface area contributed by atoms with Gasteiger partial charge in [-0.3, -0.25) is 9.59 Å². The molecule has 0 fully saturated rings. The van der Waals surface area contributed by atoms with E-state index in [4.69, 9.17) is 0 Å². The number of methoxy groups -OCH3 is 1. The van der Waals surface area contributed by atoms with Crippen molar-refractivity contribution in [2.45, 2.75) is 20.8 Å². The Balaban J connectivity index is 2.97. The topological polar surface area (TPSA) is 77.5 Å². The first-order chi connectivity index (χ1) is 9.16. The van der Waals surface area contributed by atoms with E-state index in [1.54, 1.807) is 13.0 Å². The molecule has 0 atom stereocenters. The Morgan fingerprint density at radius 1 is 1.00 bits per heavy atom. The Bertz CT molecular complexity index is 644. The first kappa shape index (κ1) is 16.4. The SMILES string of the molecule is COC(=O)CS(=O)(=O)CC(=O)c1cc(C)c(C)cc1C. The lowest BCUT2D eigenvalue weighted by molar-refractivity contribution is -0.137. The Morgan fingerprint density at radius 3 is 2.10 bits per heavy atom. The van der Waals surface area contributed by atoms with Gasteiger partial charge >= 0.3 is 5.97 Å². The van der Waals surface area contributed by atoms with Crippen molar-refractivity contribution >= 4 is 21.6 Å².